The van der Waals surface area contributed by atoms with Crippen LogP contribution in [0.1, 0.15) is 84.9 Å². The van der Waals surface area contributed by atoms with Crippen molar-refractivity contribution in [1.82, 2.24) is 15.5 Å². The summed E-state index contributed by atoms with van der Waals surface area (Å²) in [5, 5.41) is 5.61. The molecule has 0 radical (unpaired) electrons. The molecule has 1 aromatic carbocycles. The van der Waals surface area contributed by atoms with Gasteiger partial charge in [-0.25, -0.2) is 4.79 Å². The second-order valence-electron chi connectivity index (χ2n) is 10.5. The summed E-state index contributed by atoms with van der Waals surface area (Å²) in [5.74, 6) is 1.89. The molecule has 0 aliphatic heterocycles. The molecule has 0 aromatic heterocycles. The smallest absolute Gasteiger partial charge is 0.408 e. The number of nitrogens with zero attached hydrogens (tertiary/aromatic N) is 1. The average Bonchev–Trinajstić information content (AvgIpc) is 2.74. The molecule has 1 aromatic rings. The van der Waals surface area contributed by atoms with Gasteiger partial charge in [0.2, 0.25) is 11.8 Å². The number of hydrogen-bond acceptors (Lipinski definition) is 5. The Morgan fingerprint density at radius 1 is 1.11 bits per heavy atom. The number of carbonyl (C=O) groups excluding carboxylic acids is 3. The van der Waals surface area contributed by atoms with Crippen LogP contribution >= 0.6 is 12.6 Å². The number of unbranched alkanes of at least 4 members (excludes halogenated alkanes) is 2. The molecule has 2 unspecified atom stereocenters. The Kier molecular flexibility index (Phi) is 11.7. The van der Waals surface area contributed by atoms with Crippen LogP contribution in [0.15, 0.2) is 24.3 Å². The van der Waals surface area contributed by atoms with Crippen LogP contribution in [0.25, 0.3) is 0 Å². The van der Waals surface area contributed by atoms with Gasteiger partial charge in [-0.3, -0.25) is 9.59 Å². The summed E-state index contributed by atoms with van der Waals surface area (Å²) < 4.78 is 5.33. The van der Waals surface area contributed by atoms with Crippen LogP contribution in [0.4, 0.5) is 4.79 Å². The maximum Gasteiger partial charge on any atom is 0.408 e. The fourth-order valence-corrected chi connectivity index (χ4v) is 3.74. The molecule has 8 heteroatoms. The van der Waals surface area contributed by atoms with Gasteiger partial charge < -0.3 is 20.3 Å². The van der Waals surface area contributed by atoms with Crippen molar-refractivity contribution in [3.8, 4) is 12.3 Å². The highest BCUT2D eigenvalue weighted by Crippen LogP contribution is 2.27. The topological polar surface area (TPSA) is 87.7 Å². The van der Waals surface area contributed by atoms with Crippen molar-refractivity contribution in [2.75, 3.05) is 12.3 Å². The first kappa shape index (κ1) is 30.4. The third kappa shape index (κ3) is 10.2. The first-order valence-electron chi connectivity index (χ1n) is 12.0. The van der Waals surface area contributed by atoms with E-state index < -0.39 is 35.2 Å². The van der Waals surface area contributed by atoms with E-state index in [2.05, 4.69) is 36.1 Å². The monoisotopic (exact) mass is 503 g/mol. The normalized spacial score (nSPS) is 13.2. The molecule has 0 saturated carbocycles. The lowest BCUT2D eigenvalue weighted by molar-refractivity contribution is -0.142. The van der Waals surface area contributed by atoms with Crippen molar-refractivity contribution in [2.45, 2.75) is 91.0 Å². The number of terminal acetylenes is 1. The van der Waals surface area contributed by atoms with E-state index in [0.717, 1.165) is 12.8 Å². The predicted octanol–water partition coefficient (Wildman–Crippen LogP) is 4.47. The lowest BCUT2D eigenvalue weighted by Crippen LogP contribution is -2.55. The molecular weight excluding hydrogens is 462 g/mol. The molecule has 0 spiro atoms. The molecule has 7 nitrogen and oxygen atoms in total. The fraction of sp³-hybridized carbons (Fsp3) is 0.593. The molecule has 35 heavy (non-hydrogen) atoms. The average molecular weight is 504 g/mol. The molecule has 0 heterocycles. The van der Waals surface area contributed by atoms with Crippen LogP contribution in [0.3, 0.4) is 0 Å². The third-order valence-corrected chi connectivity index (χ3v) is 5.29. The van der Waals surface area contributed by atoms with Crippen molar-refractivity contribution in [3.05, 3.63) is 35.4 Å². The summed E-state index contributed by atoms with van der Waals surface area (Å²) >= 11 is 4.31. The van der Waals surface area contributed by atoms with Crippen LogP contribution in [0, 0.1) is 12.3 Å². The van der Waals surface area contributed by atoms with Gasteiger partial charge in [0, 0.05) is 23.4 Å². The van der Waals surface area contributed by atoms with Crippen LogP contribution in [-0.4, -0.2) is 52.3 Å². The molecule has 194 valence electrons. The number of hydrogen-bond donors (Lipinski definition) is 3. The minimum atomic E-state index is -0.988. The molecule has 2 N–H and O–H groups in total. The Bertz CT molecular complexity index is 912. The molecule has 2 atom stereocenters. The zero-order valence-electron chi connectivity index (χ0n) is 22.1. The van der Waals surface area contributed by atoms with Crippen LogP contribution in [-0.2, 0) is 14.3 Å². The number of amides is 3. The number of alkyl carbamates (subject to hydrolysis) is 1. The van der Waals surface area contributed by atoms with E-state index >= 15 is 0 Å². The minimum Gasteiger partial charge on any atom is -0.444 e. The number of benzene rings is 1. The van der Waals surface area contributed by atoms with Gasteiger partial charge in [0.1, 0.15) is 17.7 Å². The van der Waals surface area contributed by atoms with Crippen molar-refractivity contribution >= 4 is 30.5 Å². The molecule has 0 aliphatic carbocycles. The van der Waals surface area contributed by atoms with Gasteiger partial charge in [-0.2, -0.15) is 12.6 Å². The van der Waals surface area contributed by atoms with E-state index in [1.165, 1.54) is 4.90 Å². The second-order valence-corrected chi connectivity index (χ2v) is 10.9. The Balaban J connectivity index is 3.51. The van der Waals surface area contributed by atoms with Gasteiger partial charge >= 0.3 is 6.09 Å². The number of nitrogens with one attached hydrogen (secondary N) is 2. The first-order valence-corrected chi connectivity index (χ1v) is 12.7. The summed E-state index contributed by atoms with van der Waals surface area (Å²) in [7, 11) is 0. The van der Waals surface area contributed by atoms with Gasteiger partial charge in [-0.05, 0) is 59.6 Å². The summed E-state index contributed by atoms with van der Waals surface area (Å²) in [4.78, 5) is 41.4. The highest BCUT2D eigenvalue weighted by atomic mass is 32.1. The molecule has 0 bridgehead atoms. The molecule has 1 rings (SSSR count). The van der Waals surface area contributed by atoms with Crippen LogP contribution < -0.4 is 10.6 Å². The van der Waals surface area contributed by atoms with Crippen molar-refractivity contribution < 1.29 is 19.1 Å². The summed E-state index contributed by atoms with van der Waals surface area (Å²) in [5.41, 5.74) is -0.180. The zero-order chi connectivity index (χ0) is 26.8. The third-order valence-electron chi connectivity index (χ3n) is 4.93. The maximum absolute atomic E-state index is 13.8. The quantitative estimate of drug-likeness (QED) is 0.250. The Morgan fingerprint density at radius 3 is 2.26 bits per heavy atom. The highest BCUT2D eigenvalue weighted by molar-refractivity contribution is 7.80. The van der Waals surface area contributed by atoms with Crippen molar-refractivity contribution in [2.24, 2.45) is 0 Å². The maximum atomic E-state index is 13.8. The lowest BCUT2D eigenvalue weighted by Gasteiger charge is -2.36. The van der Waals surface area contributed by atoms with Crippen molar-refractivity contribution in [3.63, 3.8) is 0 Å². The molecule has 3 amide bonds. The fourth-order valence-electron chi connectivity index (χ4n) is 3.49. The largest absolute Gasteiger partial charge is 0.444 e. The summed E-state index contributed by atoms with van der Waals surface area (Å²) in [6, 6.07) is 5.13. The predicted molar refractivity (Wildman–Crippen MR) is 143 cm³/mol. The van der Waals surface area contributed by atoms with Gasteiger partial charge in [-0.15, -0.1) is 6.42 Å². The minimum absolute atomic E-state index is 0.0345. The lowest BCUT2D eigenvalue weighted by atomic mass is 9.96. The highest BCUT2D eigenvalue weighted by Gasteiger charge is 2.37. The van der Waals surface area contributed by atoms with Gasteiger partial charge in [-0.1, -0.05) is 43.9 Å². The van der Waals surface area contributed by atoms with Gasteiger partial charge in [0.05, 0.1) is 0 Å². The van der Waals surface area contributed by atoms with Crippen LogP contribution in [0.2, 0.25) is 0 Å². The van der Waals surface area contributed by atoms with E-state index in [1.807, 2.05) is 20.8 Å². The number of rotatable bonds is 10. The SMILES string of the molecule is C#Cc1ccccc1C(C(=O)NC(C)(C)C)N(CCCCC)C(=O)C(CS)NC(=O)OC(C)(C)C. The van der Waals surface area contributed by atoms with Gasteiger partial charge in [0.25, 0.3) is 0 Å². The molecule has 0 fully saturated rings. The molecular formula is C27H41N3O4S. The Labute approximate surface area is 216 Å². The van der Waals surface area contributed by atoms with E-state index in [4.69, 9.17) is 11.2 Å². The van der Waals surface area contributed by atoms with Crippen LogP contribution in [0.5, 0.6) is 0 Å². The summed E-state index contributed by atoms with van der Waals surface area (Å²) in [6.45, 7) is 13.2. The zero-order valence-corrected chi connectivity index (χ0v) is 23.0. The van der Waals surface area contributed by atoms with Crippen molar-refractivity contribution in [1.29, 1.82) is 0 Å². The molecule has 0 aliphatic rings. The van der Waals surface area contributed by atoms with E-state index in [1.54, 1.807) is 45.0 Å². The Morgan fingerprint density at radius 2 is 1.74 bits per heavy atom. The molecule has 0 saturated heterocycles. The first-order chi connectivity index (χ1) is 16.2. The van der Waals surface area contributed by atoms with E-state index in [9.17, 15) is 14.4 Å². The summed E-state index contributed by atoms with van der Waals surface area (Å²) in [6.07, 6.45) is 7.53. The van der Waals surface area contributed by atoms with Gasteiger partial charge in [0.15, 0.2) is 0 Å². The number of ether oxygens (including phenoxy) is 1. The number of thiol groups is 1. The van der Waals surface area contributed by atoms with E-state index in [0.29, 0.717) is 24.1 Å². The van der Waals surface area contributed by atoms with E-state index in [-0.39, 0.29) is 11.7 Å². The Hall–Kier alpha value is -2.66. The second kappa shape index (κ2) is 13.4. The number of carbonyl (C=O) groups is 3. The standard InChI is InChI=1S/C27H41N3O4S/c1-9-11-14-17-30(24(32)21(18-35)28-25(33)34-27(6,7)8)22(23(31)29-26(3,4)5)20-16-13-12-15-19(20)10-2/h2,12-13,15-16,21-22,35H,9,11,14,17-18H2,1,3-8H3,(H,28,33)(H,29,31).